The highest BCUT2D eigenvalue weighted by molar-refractivity contribution is 6.30. The number of amides is 1. The Morgan fingerprint density at radius 1 is 1.20 bits per heavy atom. The zero-order valence-electron chi connectivity index (χ0n) is 16.6. The Kier molecular flexibility index (Phi) is 6.51. The number of nitrogens with zero attached hydrogens (tertiary/aromatic N) is 4. The molecule has 0 bridgehead atoms. The number of aromatic nitrogens is 1. The number of hydrogen-bond donors (Lipinski definition) is 0. The van der Waals surface area contributed by atoms with Crippen molar-refractivity contribution in [1.82, 2.24) is 9.88 Å². The van der Waals surface area contributed by atoms with Crippen molar-refractivity contribution in [3.8, 4) is 0 Å². The molecular formula is C20H21ClN4O5. The number of carbonyl (C=O) groups excluding carboxylic acids is 2. The van der Waals surface area contributed by atoms with E-state index < -0.39 is 10.9 Å². The van der Waals surface area contributed by atoms with E-state index in [0.29, 0.717) is 48.1 Å². The van der Waals surface area contributed by atoms with Crippen LogP contribution in [0.4, 0.5) is 11.4 Å². The zero-order valence-corrected chi connectivity index (χ0v) is 17.4. The molecule has 0 saturated carbocycles. The number of hydrogen-bond acceptors (Lipinski definition) is 7. The molecule has 0 atom stereocenters. The molecule has 0 radical (unpaired) electrons. The predicted octanol–water partition coefficient (Wildman–Crippen LogP) is 3.09. The smallest absolute Gasteiger partial charge is 0.339 e. The van der Waals surface area contributed by atoms with Gasteiger partial charge in [0.2, 0.25) is 0 Å². The highest BCUT2D eigenvalue weighted by Crippen LogP contribution is 2.31. The summed E-state index contributed by atoms with van der Waals surface area (Å²) in [6, 6.07) is 7.61. The van der Waals surface area contributed by atoms with Crippen molar-refractivity contribution in [2.24, 2.45) is 0 Å². The quantitative estimate of drug-likeness (QED) is 0.406. The van der Waals surface area contributed by atoms with Gasteiger partial charge in [0.1, 0.15) is 11.4 Å². The maximum atomic E-state index is 12.8. The van der Waals surface area contributed by atoms with E-state index in [2.05, 4.69) is 4.98 Å². The highest BCUT2D eigenvalue weighted by atomic mass is 35.5. The first-order valence-corrected chi connectivity index (χ1v) is 9.82. The Bertz CT molecular complexity index is 989. The van der Waals surface area contributed by atoms with Crippen LogP contribution in [0.3, 0.4) is 0 Å². The lowest BCUT2D eigenvalue weighted by molar-refractivity contribution is -0.384. The van der Waals surface area contributed by atoms with Gasteiger partial charge in [0.25, 0.3) is 11.6 Å². The van der Waals surface area contributed by atoms with Crippen LogP contribution in [0.25, 0.3) is 0 Å². The van der Waals surface area contributed by atoms with Gasteiger partial charge in [-0.25, -0.2) is 9.78 Å². The fourth-order valence-corrected chi connectivity index (χ4v) is 3.49. The maximum Gasteiger partial charge on any atom is 0.339 e. The number of carbonyl (C=O) groups is 2. The van der Waals surface area contributed by atoms with E-state index in [1.165, 1.54) is 12.1 Å². The molecule has 2 aromatic rings. The molecule has 1 fully saturated rings. The van der Waals surface area contributed by atoms with Crippen LogP contribution >= 0.6 is 11.6 Å². The number of esters is 1. The summed E-state index contributed by atoms with van der Waals surface area (Å²) in [5.74, 6) is -0.724. The summed E-state index contributed by atoms with van der Waals surface area (Å²) >= 11 is 5.88. The number of rotatable bonds is 5. The van der Waals surface area contributed by atoms with Gasteiger partial charge in [0, 0.05) is 37.3 Å². The van der Waals surface area contributed by atoms with Crippen molar-refractivity contribution in [1.29, 1.82) is 0 Å². The van der Waals surface area contributed by atoms with E-state index in [0.717, 1.165) is 0 Å². The second kappa shape index (κ2) is 9.08. The van der Waals surface area contributed by atoms with Crippen LogP contribution < -0.4 is 4.90 Å². The third kappa shape index (κ3) is 4.51. The average Bonchev–Trinajstić information content (AvgIpc) is 2.73. The molecule has 3 rings (SSSR count). The van der Waals surface area contributed by atoms with Gasteiger partial charge in [-0.05, 0) is 38.1 Å². The molecule has 0 spiro atoms. The minimum absolute atomic E-state index is 0.0610. The Balaban J connectivity index is 1.70. The first kappa shape index (κ1) is 21.5. The Labute approximate surface area is 178 Å². The minimum atomic E-state index is -0.473. The summed E-state index contributed by atoms with van der Waals surface area (Å²) in [4.78, 5) is 43.4. The van der Waals surface area contributed by atoms with E-state index in [-0.39, 0.29) is 23.9 Å². The minimum Gasteiger partial charge on any atom is -0.462 e. The third-order valence-corrected chi connectivity index (χ3v) is 5.08. The highest BCUT2D eigenvalue weighted by Gasteiger charge is 2.27. The molecule has 1 aliphatic rings. The predicted molar refractivity (Wildman–Crippen MR) is 111 cm³/mol. The summed E-state index contributed by atoms with van der Waals surface area (Å²) in [5.41, 5.74) is 1.41. The molecule has 158 valence electrons. The van der Waals surface area contributed by atoms with Crippen LogP contribution in [-0.4, -0.2) is 59.5 Å². The molecule has 1 saturated heterocycles. The lowest BCUT2D eigenvalue weighted by Gasteiger charge is -2.35. The number of pyridine rings is 1. The molecule has 0 unspecified atom stereocenters. The van der Waals surface area contributed by atoms with E-state index >= 15 is 0 Å². The van der Waals surface area contributed by atoms with Crippen LogP contribution in [-0.2, 0) is 4.74 Å². The maximum absolute atomic E-state index is 12.8. The largest absolute Gasteiger partial charge is 0.462 e. The van der Waals surface area contributed by atoms with E-state index in [4.69, 9.17) is 16.3 Å². The van der Waals surface area contributed by atoms with Gasteiger partial charge in [0.05, 0.1) is 22.8 Å². The monoisotopic (exact) mass is 432 g/mol. The zero-order chi connectivity index (χ0) is 21.8. The van der Waals surface area contributed by atoms with E-state index in [1.807, 2.05) is 4.90 Å². The molecule has 1 aliphatic heterocycles. The number of anilines is 1. The number of benzene rings is 1. The fourth-order valence-electron chi connectivity index (χ4n) is 3.33. The molecule has 9 nitrogen and oxygen atoms in total. The molecule has 1 aromatic heterocycles. The Hall–Kier alpha value is -3.20. The number of ether oxygens (including phenoxy) is 1. The van der Waals surface area contributed by atoms with E-state index in [9.17, 15) is 19.7 Å². The van der Waals surface area contributed by atoms with Gasteiger partial charge in [0.15, 0.2) is 0 Å². The Morgan fingerprint density at radius 3 is 2.50 bits per heavy atom. The molecule has 10 heteroatoms. The number of halogens is 1. The van der Waals surface area contributed by atoms with Crippen molar-refractivity contribution in [3.05, 3.63) is 62.4 Å². The number of nitro benzene ring substituents is 1. The van der Waals surface area contributed by atoms with Gasteiger partial charge in [-0.2, -0.15) is 0 Å². The van der Waals surface area contributed by atoms with Crippen molar-refractivity contribution < 1.29 is 19.2 Å². The summed E-state index contributed by atoms with van der Waals surface area (Å²) in [7, 11) is 0. The first-order valence-electron chi connectivity index (χ1n) is 9.44. The lowest BCUT2D eigenvalue weighted by atomic mass is 10.1. The van der Waals surface area contributed by atoms with Gasteiger partial charge in [-0.1, -0.05) is 11.6 Å². The van der Waals surface area contributed by atoms with Gasteiger partial charge in [-0.3, -0.25) is 14.9 Å². The molecular weight excluding hydrogens is 412 g/mol. The number of nitro groups is 1. The second-order valence-electron chi connectivity index (χ2n) is 6.72. The second-order valence-corrected chi connectivity index (χ2v) is 7.16. The molecule has 0 N–H and O–H groups in total. The van der Waals surface area contributed by atoms with Crippen LogP contribution in [0.2, 0.25) is 5.02 Å². The fraction of sp³-hybridized carbons (Fsp3) is 0.350. The van der Waals surface area contributed by atoms with E-state index in [1.54, 1.807) is 36.9 Å². The topological polar surface area (TPSA) is 106 Å². The van der Waals surface area contributed by atoms with Crippen LogP contribution in [0.5, 0.6) is 0 Å². The van der Waals surface area contributed by atoms with Gasteiger partial charge in [-0.15, -0.1) is 0 Å². The third-order valence-electron chi connectivity index (χ3n) is 4.84. The summed E-state index contributed by atoms with van der Waals surface area (Å²) < 4.78 is 4.98. The first-order chi connectivity index (χ1) is 14.3. The SMILES string of the molecule is CCOC(=O)c1ccc(C(=O)N2CCN(c3ccc(Cl)cc3[N+](=O)[O-])CC2)nc1C. The van der Waals surface area contributed by atoms with Crippen LogP contribution in [0.1, 0.15) is 33.5 Å². The van der Waals surface area contributed by atoms with Crippen LogP contribution in [0, 0.1) is 17.0 Å². The van der Waals surface area contributed by atoms with Crippen molar-refractivity contribution in [2.45, 2.75) is 13.8 Å². The molecule has 2 heterocycles. The average molecular weight is 433 g/mol. The molecule has 30 heavy (non-hydrogen) atoms. The van der Waals surface area contributed by atoms with Gasteiger partial charge >= 0.3 is 5.97 Å². The summed E-state index contributed by atoms with van der Waals surface area (Å²) in [6.45, 7) is 5.28. The van der Waals surface area contributed by atoms with Crippen LogP contribution in [0.15, 0.2) is 30.3 Å². The van der Waals surface area contributed by atoms with Crippen molar-refractivity contribution >= 4 is 34.9 Å². The number of aryl methyl sites for hydroxylation is 1. The number of piperazine rings is 1. The molecule has 0 aliphatic carbocycles. The van der Waals surface area contributed by atoms with Gasteiger partial charge < -0.3 is 14.5 Å². The summed E-state index contributed by atoms with van der Waals surface area (Å²) in [5, 5.41) is 11.6. The standard InChI is InChI=1S/C20H21ClN4O5/c1-3-30-20(27)15-5-6-16(22-13(15)2)19(26)24-10-8-23(9-11-24)17-7-4-14(21)12-18(17)25(28)29/h4-7,12H,3,8-11H2,1-2H3. The van der Waals surface area contributed by atoms with Crippen molar-refractivity contribution in [3.63, 3.8) is 0 Å². The summed E-state index contributed by atoms with van der Waals surface area (Å²) in [6.07, 6.45) is 0. The molecule has 1 aromatic carbocycles. The Morgan fingerprint density at radius 2 is 1.90 bits per heavy atom. The van der Waals surface area contributed by atoms with Crippen molar-refractivity contribution in [2.75, 3.05) is 37.7 Å². The normalized spacial score (nSPS) is 13.8. The molecule has 1 amide bonds. The lowest BCUT2D eigenvalue weighted by Crippen LogP contribution is -2.49.